The number of nitrogens with zero attached hydrogens (tertiary/aromatic N) is 1. The largest absolute Gasteiger partial charge is 0.318 e. The summed E-state index contributed by atoms with van der Waals surface area (Å²) in [5.74, 6) is -0.00500. The third-order valence-corrected chi connectivity index (χ3v) is 3.95. The summed E-state index contributed by atoms with van der Waals surface area (Å²) in [7, 11) is 0. The van der Waals surface area contributed by atoms with Crippen LogP contribution >= 0.6 is 11.3 Å². The van der Waals surface area contributed by atoms with Crippen LogP contribution in [0.1, 0.15) is 10.9 Å². The van der Waals surface area contributed by atoms with E-state index in [1.165, 1.54) is 0 Å². The lowest BCUT2D eigenvalue weighted by atomic mass is 9.93. The van der Waals surface area contributed by atoms with Crippen LogP contribution in [0.15, 0.2) is 47.8 Å². The highest BCUT2D eigenvalue weighted by molar-refractivity contribution is 7.10. The van der Waals surface area contributed by atoms with E-state index in [9.17, 15) is 4.79 Å². The minimum atomic E-state index is -0.408. The minimum absolute atomic E-state index is 0.00500. The molecule has 0 aliphatic carbocycles. The normalized spacial score (nSPS) is 23.6. The number of nitrogens with two attached hydrogens (primary N) is 1. The highest BCUT2D eigenvalue weighted by atomic mass is 32.1. The summed E-state index contributed by atoms with van der Waals surface area (Å²) < 4.78 is 0. The molecule has 4 heteroatoms. The van der Waals surface area contributed by atoms with E-state index < -0.39 is 6.04 Å². The van der Waals surface area contributed by atoms with E-state index in [1.807, 2.05) is 47.8 Å². The quantitative estimate of drug-likeness (QED) is 0.823. The Labute approximate surface area is 103 Å². The number of thiophene rings is 1. The number of para-hydroxylation sites is 1. The lowest BCUT2D eigenvalue weighted by Crippen LogP contribution is -2.63. The Balaban J connectivity index is 1.97. The predicted octanol–water partition coefficient (Wildman–Crippen LogP) is 2.16. The molecule has 1 saturated heterocycles. The molecule has 0 radical (unpaired) electrons. The van der Waals surface area contributed by atoms with Gasteiger partial charge in [0.2, 0.25) is 5.91 Å². The summed E-state index contributed by atoms with van der Waals surface area (Å²) in [4.78, 5) is 14.8. The second-order valence-corrected chi connectivity index (χ2v) is 5.01. The smallest absolute Gasteiger partial charge is 0.247 e. The van der Waals surface area contributed by atoms with Crippen molar-refractivity contribution in [2.24, 2.45) is 5.73 Å². The van der Waals surface area contributed by atoms with Crippen molar-refractivity contribution in [1.29, 1.82) is 0 Å². The number of amides is 1. The van der Waals surface area contributed by atoms with Gasteiger partial charge in [-0.25, -0.2) is 0 Å². The number of carbonyl (C=O) groups is 1. The third kappa shape index (κ3) is 1.57. The Hall–Kier alpha value is -1.65. The van der Waals surface area contributed by atoms with Gasteiger partial charge in [-0.1, -0.05) is 24.3 Å². The van der Waals surface area contributed by atoms with E-state index in [0.717, 1.165) is 10.6 Å². The van der Waals surface area contributed by atoms with Crippen molar-refractivity contribution in [3.05, 3.63) is 52.7 Å². The van der Waals surface area contributed by atoms with Crippen LogP contribution in [0.5, 0.6) is 0 Å². The molecule has 17 heavy (non-hydrogen) atoms. The van der Waals surface area contributed by atoms with E-state index in [2.05, 4.69) is 0 Å². The zero-order chi connectivity index (χ0) is 11.8. The molecule has 2 heterocycles. The molecule has 0 saturated carbocycles. The second-order valence-electron chi connectivity index (χ2n) is 4.03. The van der Waals surface area contributed by atoms with Crippen LogP contribution in [0.25, 0.3) is 0 Å². The molecule has 2 aromatic rings. The average molecular weight is 244 g/mol. The van der Waals surface area contributed by atoms with Gasteiger partial charge in [-0.2, -0.15) is 0 Å². The molecule has 86 valence electrons. The number of anilines is 1. The Morgan fingerprint density at radius 1 is 1.12 bits per heavy atom. The minimum Gasteiger partial charge on any atom is -0.318 e. The molecule has 1 fully saturated rings. The van der Waals surface area contributed by atoms with Gasteiger partial charge in [0, 0.05) is 10.6 Å². The van der Waals surface area contributed by atoms with Gasteiger partial charge in [0.1, 0.15) is 6.04 Å². The molecule has 1 amide bonds. The maximum atomic E-state index is 11.9. The van der Waals surface area contributed by atoms with Crippen LogP contribution in [0.2, 0.25) is 0 Å². The first kappa shape index (κ1) is 10.5. The molecule has 2 atom stereocenters. The van der Waals surface area contributed by atoms with Crippen molar-refractivity contribution in [2.75, 3.05) is 4.90 Å². The number of benzene rings is 1. The van der Waals surface area contributed by atoms with Crippen LogP contribution in [0.4, 0.5) is 5.69 Å². The molecule has 0 spiro atoms. The summed E-state index contributed by atoms with van der Waals surface area (Å²) in [5.41, 5.74) is 6.82. The van der Waals surface area contributed by atoms with Gasteiger partial charge in [0.15, 0.2) is 0 Å². The fraction of sp³-hybridized carbons (Fsp3) is 0.154. The Bertz CT molecular complexity index is 524. The van der Waals surface area contributed by atoms with Gasteiger partial charge in [-0.05, 0) is 23.6 Å². The van der Waals surface area contributed by atoms with Crippen molar-refractivity contribution >= 4 is 22.9 Å². The average Bonchev–Trinajstić information content (AvgIpc) is 2.88. The van der Waals surface area contributed by atoms with Gasteiger partial charge in [-0.3, -0.25) is 4.79 Å². The molecule has 0 unspecified atom stereocenters. The Kier molecular flexibility index (Phi) is 2.46. The number of rotatable bonds is 2. The molecule has 1 aliphatic heterocycles. The summed E-state index contributed by atoms with van der Waals surface area (Å²) in [6.07, 6.45) is 0. The maximum absolute atomic E-state index is 11.9. The fourth-order valence-corrected chi connectivity index (χ4v) is 3.01. The highest BCUT2D eigenvalue weighted by Crippen LogP contribution is 2.39. The number of β-lactam (4-membered cyclic amide) rings is 1. The van der Waals surface area contributed by atoms with Gasteiger partial charge >= 0.3 is 0 Å². The zero-order valence-electron chi connectivity index (χ0n) is 9.11. The predicted molar refractivity (Wildman–Crippen MR) is 69.0 cm³/mol. The fourth-order valence-electron chi connectivity index (χ4n) is 2.15. The molecule has 3 rings (SSSR count). The molecule has 3 nitrogen and oxygen atoms in total. The standard InChI is InChI=1S/C13H12N2OS/c14-11-12(10-7-4-8-17-10)15(13(11)16)9-5-2-1-3-6-9/h1-8,11-12H,14H2/t11-,12-/m1/s1. The molecular weight excluding hydrogens is 232 g/mol. The van der Waals surface area contributed by atoms with E-state index >= 15 is 0 Å². The van der Waals surface area contributed by atoms with Gasteiger partial charge in [0.05, 0.1) is 6.04 Å². The van der Waals surface area contributed by atoms with Gasteiger partial charge in [-0.15, -0.1) is 11.3 Å². The van der Waals surface area contributed by atoms with E-state index in [-0.39, 0.29) is 11.9 Å². The summed E-state index contributed by atoms with van der Waals surface area (Å²) >= 11 is 1.64. The van der Waals surface area contributed by atoms with Crippen LogP contribution < -0.4 is 10.6 Å². The zero-order valence-corrected chi connectivity index (χ0v) is 9.93. The first-order valence-electron chi connectivity index (χ1n) is 5.46. The van der Waals surface area contributed by atoms with Gasteiger partial charge < -0.3 is 10.6 Å². The summed E-state index contributed by atoms with van der Waals surface area (Å²) in [6, 6.07) is 13.3. The van der Waals surface area contributed by atoms with E-state index in [4.69, 9.17) is 5.73 Å². The van der Waals surface area contributed by atoms with Crippen molar-refractivity contribution < 1.29 is 4.79 Å². The first-order chi connectivity index (χ1) is 8.29. The van der Waals surface area contributed by atoms with Crippen molar-refractivity contribution in [1.82, 2.24) is 0 Å². The van der Waals surface area contributed by atoms with Gasteiger partial charge in [0.25, 0.3) is 0 Å². The molecule has 2 N–H and O–H groups in total. The summed E-state index contributed by atoms with van der Waals surface area (Å²) in [5, 5.41) is 2.01. The molecule has 0 bridgehead atoms. The lowest BCUT2D eigenvalue weighted by molar-refractivity contribution is -0.126. The highest BCUT2D eigenvalue weighted by Gasteiger charge is 2.47. The van der Waals surface area contributed by atoms with Crippen molar-refractivity contribution in [3.8, 4) is 0 Å². The molecule has 1 aromatic heterocycles. The van der Waals surface area contributed by atoms with Crippen molar-refractivity contribution in [2.45, 2.75) is 12.1 Å². The monoisotopic (exact) mass is 244 g/mol. The Morgan fingerprint density at radius 3 is 2.53 bits per heavy atom. The lowest BCUT2D eigenvalue weighted by Gasteiger charge is -2.44. The molecule has 1 aromatic carbocycles. The van der Waals surface area contributed by atoms with Crippen LogP contribution in [-0.2, 0) is 4.79 Å². The van der Waals surface area contributed by atoms with Crippen LogP contribution in [0.3, 0.4) is 0 Å². The van der Waals surface area contributed by atoms with Crippen LogP contribution in [0, 0.1) is 0 Å². The molecular formula is C13H12N2OS. The number of carbonyl (C=O) groups excluding carboxylic acids is 1. The third-order valence-electron chi connectivity index (χ3n) is 3.01. The van der Waals surface area contributed by atoms with Crippen LogP contribution in [-0.4, -0.2) is 11.9 Å². The second kappa shape index (κ2) is 3.98. The van der Waals surface area contributed by atoms with Crippen molar-refractivity contribution in [3.63, 3.8) is 0 Å². The maximum Gasteiger partial charge on any atom is 0.247 e. The SMILES string of the molecule is N[C@H]1C(=O)N(c2ccccc2)[C@@H]1c1cccs1. The Morgan fingerprint density at radius 2 is 1.88 bits per heavy atom. The van der Waals surface area contributed by atoms with E-state index in [1.54, 1.807) is 16.2 Å². The topological polar surface area (TPSA) is 46.3 Å². The first-order valence-corrected chi connectivity index (χ1v) is 6.34. The van der Waals surface area contributed by atoms with E-state index in [0.29, 0.717) is 0 Å². The number of hydrogen-bond donors (Lipinski definition) is 1. The number of hydrogen-bond acceptors (Lipinski definition) is 3. The molecule has 1 aliphatic rings. The summed E-state index contributed by atoms with van der Waals surface area (Å²) in [6.45, 7) is 0.